The van der Waals surface area contributed by atoms with Crippen LogP contribution in [0.3, 0.4) is 0 Å². The minimum absolute atomic E-state index is 0.420. The number of carbonyl (C=O) groups excluding carboxylic acids is 1. The lowest BCUT2D eigenvalue weighted by atomic mass is 10.0. The van der Waals surface area contributed by atoms with Crippen LogP contribution in [0, 0.1) is 23.5 Å². The first-order valence-electron chi connectivity index (χ1n) is 6.11. The average Bonchev–Trinajstić information content (AvgIpc) is 2.88. The molecule has 2 aliphatic heterocycles. The summed E-state index contributed by atoms with van der Waals surface area (Å²) >= 11 is 0. The van der Waals surface area contributed by atoms with Crippen molar-refractivity contribution in [2.45, 2.75) is 0 Å². The molecule has 96 valence electrons. The summed E-state index contributed by atoms with van der Waals surface area (Å²) in [6.07, 6.45) is 0. The van der Waals surface area contributed by atoms with Gasteiger partial charge in [0.25, 0.3) is 5.91 Å². The number of hydrogen-bond acceptors (Lipinski definition) is 2. The van der Waals surface area contributed by atoms with Crippen molar-refractivity contribution in [2.24, 2.45) is 11.8 Å². The number of carbonyl (C=O) groups is 1. The van der Waals surface area contributed by atoms with Gasteiger partial charge in [-0.2, -0.15) is 0 Å². The van der Waals surface area contributed by atoms with E-state index in [2.05, 4.69) is 5.32 Å². The lowest BCUT2D eigenvalue weighted by Gasteiger charge is -2.18. The third-order valence-electron chi connectivity index (χ3n) is 3.85. The highest BCUT2D eigenvalue weighted by Gasteiger charge is 2.39. The quantitative estimate of drug-likeness (QED) is 0.816. The summed E-state index contributed by atoms with van der Waals surface area (Å²) in [5.74, 6) is -1.25. The monoisotopic (exact) mass is 252 g/mol. The first-order valence-corrected chi connectivity index (χ1v) is 6.11. The molecule has 2 heterocycles. The summed E-state index contributed by atoms with van der Waals surface area (Å²) in [5.41, 5.74) is -0.426. The third kappa shape index (κ3) is 1.79. The summed E-state index contributed by atoms with van der Waals surface area (Å²) in [6, 6.07) is 3.51. The van der Waals surface area contributed by atoms with E-state index in [1.165, 1.54) is 6.07 Å². The van der Waals surface area contributed by atoms with Crippen molar-refractivity contribution < 1.29 is 13.6 Å². The standard InChI is InChI=1S/C13H14F2N2O/c14-10-2-1-3-11(15)12(10)13(18)17-6-8-4-16-5-9(8)7-17/h1-3,8-9,16H,4-7H2/t8-,9+. The molecule has 0 radical (unpaired) electrons. The van der Waals surface area contributed by atoms with E-state index < -0.39 is 23.1 Å². The van der Waals surface area contributed by atoms with E-state index >= 15 is 0 Å². The van der Waals surface area contributed by atoms with Crippen molar-refractivity contribution in [3.8, 4) is 0 Å². The van der Waals surface area contributed by atoms with E-state index in [1.54, 1.807) is 4.90 Å². The van der Waals surface area contributed by atoms with Crippen LogP contribution in [0.4, 0.5) is 8.78 Å². The van der Waals surface area contributed by atoms with E-state index in [1.807, 2.05) is 0 Å². The van der Waals surface area contributed by atoms with Gasteiger partial charge >= 0.3 is 0 Å². The predicted octanol–water partition coefficient (Wildman–Crippen LogP) is 1.26. The molecule has 1 amide bonds. The second kappa shape index (κ2) is 4.31. The maximum absolute atomic E-state index is 13.5. The van der Waals surface area contributed by atoms with Gasteiger partial charge < -0.3 is 10.2 Å². The maximum atomic E-state index is 13.5. The second-order valence-electron chi connectivity index (χ2n) is 4.99. The SMILES string of the molecule is O=C(c1c(F)cccc1F)N1C[C@H]2CNC[C@H]2C1. The van der Waals surface area contributed by atoms with Crippen LogP contribution in [0.2, 0.25) is 0 Å². The van der Waals surface area contributed by atoms with Crippen LogP contribution < -0.4 is 5.32 Å². The van der Waals surface area contributed by atoms with Crippen LogP contribution in [0.15, 0.2) is 18.2 Å². The van der Waals surface area contributed by atoms with Crippen LogP contribution >= 0.6 is 0 Å². The van der Waals surface area contributed by atoms with Crippen molar-refractivity contribution in [2.75, 3.05) is 26.2 Å². The lowest BCUT2D eigenvalue weighted by molar-refractivity contribution is 0.0772. The molecule has 2 fully saturated rings. The number of benzene rings is 1. The summed E-state index contributed by atoms with van der Waals surface area (Å²) < 4.78 is 27.1. The highest BCUT2D eigenvalue weighted by Crippen LogP contribution is 2.28. The molecule has 3 rings (SSSR count). The molecule has 18 heavy (non-hydrogen) atoms. The van der Waals surface area contributed by atoms with E-state index in [-0.39, 0.29) is 0 Å². The summed E-state index contributed by atoms with van der Waals surface area (Å²) in [4.78, 5) is 13.7. The Hall–Kier alpha value is -1.49. The number of fused-ring (bicyclic) bond motifs is 1. The molecular formula is C13H14F2N2O. The van der Waals surface area contributed by atoms with Crippen molar-refractivity contribution in [1.82, 2.24) is 10.2 Å². The normalized spacial score (nSPS) is 26.4. The molecule has 0 bridgehead atoms. The van der Waals surface area contributed by atoms with E-state index in [0.29, 0.717) is 24.9 Å². The van der Waals surface area contributed by atoms with Gasteiger partial charge in [-0.15, -0.1) is 0 Å². The predicted molar refractivity (Wildman–Crippen MR) is 62.1 cm³/mol. The molecule has 0 aromatic heterocycles. The van der Waals surface area contributed by atoms with E-state index in [9.17, 15) is 13.6 Å². The van der Waals surface area contributed by atoms with Gasteiger partial charge in [-0.1, -0.05) is 6.07 Å². The molecule has 5 heteroatoms. The van der Waals surface area contributed by atoms with Crippen LogP contribution in [0.1, 0.15) is 10.4 Å². The number of hydrogen-bond donors (Lipinski definition) is 1. The van der Waals surface area contributed by atoms with E-state index in [4.69, 9.17) is 0 Å². The lowest BCUT2D eigenvalue weighted by Crippen LogP contribution is -2.33. The zero-order valence-electron chi connectivity index (χ0n) is 9.83. The van der Waals surface area contributed by atoms with Crippen LogP contribution in [0.5, 0.6) is 0 Å². The average molecular weight is 252 g/mol. The van der Waals surface area contributed by atoms with Crippen LogP contribution in [0.25, 0.3) is 0 Å². The Morgan fingerprint density at radius 2 is 1.72 bits per heavy atom. The molecule has 2 aliphatic rings. The Balaban J connectivity index is 1.83. The Kier molecular flexibility index (Phi) is 2.78. The number of halogens is 2. The Labute approximate surface area is 104 Å². The van der Waals surface area contributed by atoms with Gasteiger partial charge in [0.2, 0.25) is 0 Å². The van der Waals surface area contributed by atoms with Crippen molar-refractivity contribution in [3.63, 3.8) is 0 Å². The highest BCUT2D eigenvalue weighted by atomic mass is 19.1. The number of likely N-dealkylation sites (tertiary alicyclic amines) is 1. The van der Waals surface area contributed by atoms with Gasteiger partial charge in [-0.25, -0.2) is 8.78 Å². The molecule has 1 N–H and O–H groups in total. The fourth-order valence-corrected chi connectivity index (χ4v) is 2.88. The molecule has 0 aliphatic carbocycles. The van der Waals surface area contributed by atoms with Gasteiger partial charge in [0.1, 0.15) is 17.2 Å². The number of nitrogens with zero attached hydrogens (tertiary/aromatic N) is 1. The zero-order chi connectivity index (χ0) is 12.7. The molecule has 0 unspecified atom stereocenters. The minimum Gasteiger partial charge on any atom is -0.338 e. The smallest absolute Gasteiger partial charge is 0.259 e. The topological polar surface area (TPSA) is 32.3 Å². The van der Waals surface area contributed by atoms with Crippen molar-refractivity contribution >= 4 is 5.91 Å². The molecule has 1 aromatic carbocycles. The van der Waals surface area contributed by atoms with Crippen molar-refractivity contribution in [1.29, 1.82) is 0 Å². The highest BCUT2D eigenvalue weighted by molar-refractivity contribution is 5.95. The molecule has 0 spiro atoms. The summed E-state index contributed by atoms with van der Waals surface area (Å²) in [7, 11) is 0. The third-order valence-corrected chi connectivity index (χ3v) is 3.85. The number of nitrogens with one attached hydrogen (secondary N) is 1. The molecule has 1 aromatic rings. The summed E-state index contributed by atoms with van der Waals surface area (Å²) in [5, 5.41) is 3.26. The number of amides is 1. The molecule has 0 saturated carbocycles. The molecule has 2 saturated heterocycles. The van der Waals surface area contributed by atoms with Crippen LogP contribution in [-0.4, -0.2) is 37.0 Å². The largest absolute Gasteiger partial charge is 0.338 e. The van der Waals surface area contributed by atoms with Gasteiger partial charge in [-0.3, -0.25) is 4.79 Å². The van der Waals surface area contributed by atoms with Crippen molar-refractivity contribution in [3.05, 3.63) is 35.4 Å². The van der Waals surface area contributed by atoms with Gasteiger partial charge in [-0.05, 0) is 24.0 Å². The Bertz CT molecular complexity index is 460. The minimum atomic E-state index is -0.782. The first kappa shape index (κ1) is 11.6. The zero-order valence-corrected chi connectivity index (χ0v) is 9.83. The van der Waals surface area contributed by atoms with Gasteiger partial charge in [0, 0.05) is 26.2 Å². The fourth-order valence-electron chi connectivity index (χ4n) is 2.88. The fraction of sp³-hybridized carbons (Fsp3) is 0.462. The molecule has 2 atom stereocenters. The summed E-state index contributed by atoms with van der Waals surface area (Å²) in [6.45, 7) is 2.94. The van der Waals surface area contributed by atoms with Gasteiger partial charge in [0.15, 0.2) is 0 Å². The first-order chi connectivity index (χ1) is 8.66. The second-order valence-corrected chi connectivity index (χ2v) is 4.99. The Morgan fingerprint density at radius 3 is 2.28 bits per heavy atom. The molecular weight excluding hydrogens is 238 g/mol. The maximum Gasteiger partial charge on any atom is 0.259 e. The van der Waals surface area contributed by atoms with Crippen LogP contribution in [-0.2, 0) is 0 Å². The van der Waals surface area contributed by atoms with E-state index in [0.717, 1.165) is 25.2 Å². The Morgan fingerprint density at radius 1 is 1.17 bits per heavy atom. The van der Waals surface area contributed by atoms with Gasteiger partial charge in [0.05, 0.1) is 0 Å². The molecule has 3 nitrogen and oxygen atoms in total. The number of rotatable bonds is 1.